The molecular weight excluding hydrogens is 278 g/mol. The molecule has 0 amide bonds. The molecule has 1 aromatic rings. The predicted molar refractivity (Wildman–Crippen MR) is 79.3 cm³/mol. The Balaban J connectivity index is 2.66. The maximum absolute atomic E-state index is 11.4. The van der Waals surface area contributed by atoms with E-state index in [0.717, 1.165) is 11.3 Å². The van der Waals surface area contributed by atoms with Crippen LogP contribution in [0, 0.1) is 5.92 Å². The Bertz CT molecular complexity index is 554. The van der Waals surface area contributed by atoms with Gasteiger partial charge in [0.05, 0.1) is 12.9 Å². The lowest BCUT2D eigenvalue weighted by Crippen LogP contribution is -2.17. The van der Waals surface area contributed by atoms with Crippen molar-refractivity contribution in [1.82, 2.24) is 0 Å². The van der Waals surface area contributed by atoms with Crippen molar-refractivity contribution in [1.29, 1.82) is 0 Å². The highest BCUT2D eigenvalue weighted by Crippen LogP contribution is 2.18. The van der Waals surface area contributed by atoms with E-state index in [9.17, 15) is 13.2 Å². The fraction of sp³-hybridized carbons (Fsp3) is 0.500. The van der Waals surface area contributed by atoms with E-state index in [2.05, 4.69) is 10.1 Å². The second-order valence-corrected chi connectivity index (χ2v) is 7.13. The minimum Gasteiger partial charge on any atom is -0.469 e. The number of esters is 1. The van der Waals surface area contributed by atoms with E-state index < -0.39 is 9.84 Å². The smallest absolute Gasteiger partial charge is 0.305 e. The van der Waals surface area contributed by atoms with Crippen LogP contribution in [0.15, 0.2) is 24.3 Å². The fourth-order valence-corrected chi connectivity index (χ4v) is 2.64. The highest BCUT2D eigenvalue weighted by molar-refractivity contribution is 7.89. The highest BCUT2D eigenvalue weighted by atomic mass is 32.2. The first-order valence-electron chi connectivity index (χ1n) is 6.38. The number of anilines is 1. The molecule has 1 rings (SSSR count). The van der Waals surface area contributed by atoms with Crippen LogP contribution in [-0.4, -0.2) is 34.3 Å². The minimum atomic E-state index is -3.08. The number of para-hydroxylation sites is 1. The van der Waals surface area contributed by atoms with Crippen molar-refractivity contribution in [3.8, 4) is 0 Å². The van der Waals surface area contributed by atoms with Gasteiger partial charge in [-0.3, -0.25) is 4.79 Å². The van der Waals surface area contributed by atoms with E-state index in [4.69, 9.17) is 0 Å². The van der Waals surface area contributed by atoms with Crippen LogP contribution in [0.3, 0.4) is 0 Å². The molecule has 0 saturated carbocycles. The molecule has 0 bridgehead atoms. The summed E-state index contributed by atoms with van der Waals surface area (Å²) in [7, 11) is -1.71. The third-order valence-electron chi connectivity index (χ3n) is 2.82. The zero-order valence-electron chi connectivity index (χ0n) is 12.0. The monoisotopic (exact) mass is 299 g/mol. The molecule has 0 heterocycles. The van der Waals surface area contributed by atoms with Gasteiger partial charge in [-0.15, -0.1) is 0 Å². The van der Waals surface area contributed by atoms with Crippen LogP contribution in [0.25, 0.3) is 0 Å². The summed E-state index contributed by atoms with van der Waals surface area (Å²) in [6, 6.07) is 7.28. The first-order chi connectivity index (χ1) is 9.31. The maximum atomic E-state index is 11.4. The van der Waals surface area contributed by atoms with Crippen LogP contribution in [-0.2, 0) is 25.1 Å². The number of methoxy groups -OCH3 is 1. The van der Waals surface area contributed by atoms with Gasteiger partial charge in [0.1, 0.15) is 0 Å². The van der Waals surface area contributed by atoms with Crippen molar-refractivity contribution >= 4 is 21.5 Å². The molecule has 1 unspecified atom stereocenters. The highest BCUT2D eigenvalue weighted by Gasteiger charge is 2.12. The molecule has 0 aliphatic heterocycles. The zero-order valence-corrected chi connectivity index (χ0v) is 12.9. The summed E-state index contributed by atoms with van der Waals surface area (Å²) < 4.78 is 27.4. The van der Waals surface area contributed by atoms with Crippen molar-refractivity contribution in [2.75, 3.05) is 25.2 Å². The van der Waals surface area contributed by atoms with Gasteiger partial charge in [-0.25, -0.2) is 8.42 Å². The third-order valence-corrected chi connectivity index (χ3v) is 3.65. The zero-order chi connectivity index (χ0) is 15.2. The molecular formula is C14H21NO4S. The summed E-state index contributed by atoms with van der Waals surface area (Å²) in [6.45, 7) is 2.51. The SMILES string of the molecule is COC(=O)CC(C)CNc1ccccc1CS(C)(=O)=O. The van der Waals surface area contributed by atoms with Crippen LogP contribution < -0.4 is 5.32 Å². The van der Waals surface area contributed by atoms with Crippen LogP contribution in [0.5, 0.6) is 0 Å². The van der Waals surface area contributed by atoms with Crippen molar-refractivity contribution in [3.05, 3.63) is 29.8 Å². The van der Waals surface area contributed by atoms with Gasteiger partial charge >= 0.3 is 5.97 Å². The first-order valence-corrected chi connectivity index (χ1v) is 8.44. The van der Waals surface area contributed by atoms with Crippen LogP contribution in [0.1, 0.15) is 18.9 Å². The number of ether oxygens (including phenoxy) is 1. The summed E-state index contributed by atoms with van der Waals surface area (Å²) in [6.07, 6.45) is 1.54. The molecule has 112 valence electrons. The summed E-state index contributed by atoms with van der Waals surface area (Å²) in [5.41, 5.74) is 1.52. The van der Waals surface area contributed by atoms with E-state index in [1.807, 2.05) is 25.1 Å². The average Bonchev–Trinajstić information content (AvgIpc) is 2.35. The van der Waals surface area contributed by atoms with E-state index in [1.54, 1.807) is 6.07 Å². The third kappa shape index (κ3) is 6.06. The predicted octanol–water partition coefficient (Wildman–Crippen LogP) is 1.84. The Morgan fingerprint density at radius 3 is 2.60 bits per heavy atom. The van der Waals surface area contributed by atoms with Gasteiger partial charge in [0.15, 0.2) is 9.84 Å². The summed E-state index contributed by atoms with van der Waals surface area (Å²) in [4.78, 5) is 11.2. The average molecular weight is 299 g/mol. The van der Waals surface area contributed by atoms with E-state index in [-0.39, 0.29) is 17.6 Å². The Morgan fingerprint density at radius 2 is 2.00 bits per heavy atom. The number of carbonyl (C=O) groups is 1. The molecule has 0 aromatic heterocycles. The Morgan fingerprint density at radius 1 is 1.35 bits per heavy atom. The second kappa shape index (κ2) is 7.28. The molecule has 0 aliphatic carbocycles. The summed E-state index contributed by atoms with van der Waals surface area (Å²) >= 11 is 0. The summed E-state index contributed by atoms with van der Waals surface area (Å²) in [5, 5.41) is 3.19. The molecule has 1 N–H and O–H groups in total. The van der Waals surface area contributed by atoms with Gasteiger partial charge in [-0.05, 0) is 17.5 Å². The number of rotatable bonds is 7. The number of sulfone groups is 1. The molecule has 0 spiro atoms. The minimum absolute atomic E-state index is 0.00154. The van der Waals surface area contributed by atoms with Crippen molar-refractivity contribution in [3.63, 3.8) is 0 Å². The normalized spacial score (nSPS) is 12.8. The summed E-state index contributed by atoms with van der Waals surface area (Å²) in [5.74, 6) is -0.140. The number of hydrogen-bond acceptors (Lipinski definition) is 5. The second-order valence-electron chi connectivity index (χ2n) is 4.99. The van der Waals surface area contributed by atoms with E-state index >= 15 is 0 Å². The van der Waals surface area contributed by atoms with Crippen LogP contribution in [0.2, 0.25) is 0 Å². The Hall–Kier alpha value is -1.56. The first kappa shape index (κ1) is 16.5. The lowest BCUT2D eigenvalue weighted by atomic mass is 10.1. The van der Waals surface area contributed by atoms with Crippen molar-refractivity contribution in [2.24, 2.45) is 5.92 Å². The molecule has 0 saturated heterocycles. The molecule has 20 heavy (non-hydrogen) atoms. The number of nitrogens with one attached hydrogen (secondary N) is 1. The number of carbonyl (C=O) groups excluding carboxylic acids is 1. The Kier molecular flexibility index (Phi) is 6.01. The molecule has 6 heteroatoms. The van der Waals surface area contributed by atoms with Crippen molar-refractivity contribution in [2.45, 2.75) is 19.1 Å². The topological polar surface area (TPSA) is 72.5 Å². The molecule has 1 aromatic carbocycles. The maximum Gasteiger partial charge on any atom is 0.305 e. The standard InChI is InChI=1S/C14H21NO4S/c1-11(8-14(16)19-2)9-15-13-7-5-4-6-12(13)10-20(3,17)18/h4-7,11,15H,8-10H2,1-3H3. The molecule has 0 fully saturated rings. The van der Waals surface area contributed by atoms with Gasteiger partial charge in [-0.2, -0.15) is 0 Å². The molecule has 0 aliphatic rings. The largest absolute Gasteiger partial charge is 0.469 e. The number of hydrogen-bond donors (Lipinski definition) is 1. The quantitative estimate of drug-likeness (QED) is 0.778. The van der Waals surface area contributed by atoms with Gasteiger partial charge in [0.25, 0.3) is 0 Å². The van der Waals surface area contributed by atoms with Gasteiger partial charge in [-0.1, -0.05) is 25.1 Å². The van der Waals surface area contributed by atoms with Crippen molar-refractivity contribution < 1.29 is 17.9 Å². The molecule has 0 radical (unpaired) electrons. The van der Waals surface area contributed by atoms with Gasteiger partial charge in [0.2, 0.25) is 0 Å². The Labute approximate surface area is 120 Å². The fourth-order valence-electron chi connectivity index (χ4n) is 1.83. The molecule has 5 nitrogen and oxygen atoms in total. The number of benzene rings is 1. The lowest BCUT2D eigenvalue weighted by molar-refractivity contribution is -0.141. The lowest BCUT2D eigenvalue weighted by Gasteiger charge is -2.15. The van der Waals surface area contributed by atoms with E-state index in [1.165, 1.54) is 13.4 Å². The van der Waals surface area contributed by atoms with Crippen LogP contribution >= 0.6 is 0 Å². The van der Waals surface area contributed by atoms with E-state index in [0.29, 0.717) is 13.0 Å². The van der Waals surface area contributed by atoms with Crippen LogP contribution in [0.4, 0.5) is 5.69 Å². The molecule has 1 atom stereocenters. The van der Waals surface area contributed by atoms with Gasteiger partial charge in [0, 0.05) is 24.9 Å². The van der Waals surface area contributed by atoms with Gasteiger partial charge < -0.3 is 10.1 Å².